The van der Waals surface area contributed by atoms with Gasteiger partial charge in [-0.2, -0.15) is 0 Å². The minimum Gasteiger partial charge on any atom is -0.347 e. The summed E-state index contributed by atoms with van der Waals surface area (Å²) in [7, 11) is 0. The lowest BCUT2D eigenvalue weighted by molar-refractivity contribution is 0.0942. The topological polar surface area (TPSA) is 34.0 Å². The Labute approximate surface area is 134 Å². The summed E-state index contributed by atoms with van der Waals surface area (Å²) in [5.41, 5.74) is 3.05. The smallest absolute Gasteiger partial charge is 0.268 e. The predicted molar refractivity (Wildman–Crippen MR) is 92.5 cm³/mol. The molecule has 0 fully saturated rings. The van der Waals surface area contributed by atoms with E-state index in [-0.39, 0.29) is 5.91 Å². The fourth-order valence-electron chi connectivity index (χ4n) is 2.69. The summed E-state index contributed by atoms with van der Waals surface area (Å²) < 4.78 is 3.33. The number of rotatable bonds is 5. The van der Waals surface area contributed by atoms with E-state index in [4.69, 9.17) is 0 Å². The quantitative estimate of drug-likeness (QED) is 0.746. The first-order chi connectivity index (χ1) is 10.7. The molecule has 1 N–H and O–H groups in total. The zero-order chi connectivity index (χ0) is 15.5. The summed E-state index contributed by atoms with van der Waals surface area (Å²) >= 11 is 1.74. The molecule has 3 aromatic rings. The van der Waals surface area contributed by atoms with Gasteiger partial charge in [0.25, 0.3) is 5.91 Å². The molecule has 4 heteroatoms. The number of fused-ring (bicyclic) bond motifs is 1. The van der Waals surface area contributed by atoms with E-state index in [1.54, 1.807) is 11.3 Å². The molecule has 1 amide bonds. The third kappa shape index (κ3) is 2.92. The second-order valence-corrected chi connectivity index (χ2v) is 6.74. The maximum absolute atomic E-state index is 12.5. The van der Waals surface area contributed by atoms with Gasteiger partial charge >= 0.3 is 0 Å². The normalized spacial score (nSPS) is 11.0. The van der Waals surface area contributed by atoms with Crippen LogP contribution in [-0.4, -0.2) is 10.5 Å². The summed E-state index contributed by atoms with van der Waals surface area (Å²) in [6.45, 7) is 5.67. The van der Waals surface area contributed by atoms with E-state index in [0.29, 0.717) is 6.54 Å². The van der Waals surface area contributed by atoms with Gasteiger partial charge in [0.1, 0.15) is 5.69 Å². The van der Waals surface area contributed by atoms with Crippen LogP contribution in [0.3, 0.4) is 0 Å². The minimum absolute atomic E-state index is 0.00152. The van der Waals surface area contributed by atoms with Crippen molar-refractivity contribution >= 4 is 27.5 Å². The fourth-order valence-corrected chi connectivity index (χ4v) is 3.65. The molecular formula is C18H20N2OS. The predicted octanol–water partition coefficient (Wildman–Crippen LogP) is 4.35. The van der Waals surface area contributed by atoms with Crippen molar-refractivity contribution in [3.63, 3.8) is 0 Å². The number of carbonyl (C=O) groups is 1. The third-order valence-electron chi connectivity index (χ3n) is 3.69. The zero-order valence-electron chi connectivity index (χ0n) is 12.9. The Kier molecular flexibility index (Phi) is 4.29. The molecular weight excluding hydrogens is 292 g/mol. The number of nitrogens with one attached hydrogen (secondary N) is 1. The average molecular weight is 312 g/mol. The molecule has 0 aliphatic rings. The van der Waals surface area contributed by atoms with E-state index in [2.05, 4.69) is 29.8 Å². The van der Waals surface area contributed by atoms with Crippen molar-refractivity contribution < 1.29 is 4.79 Å². The summed E-state index contributed by atoms with van der Waals surface area (Å²) in [5.74, 6) is -0.00152. The first kappa shape index (κ1) is 14.9. The van der Waals surface area contributed by atoms with Crippen LogP contribution >= 0.6 is 11.3 Å². The van der Waals surface area contributed by atoms with Gasteiger partial charge in [0.15, 0.2) is 0 Å². The minimum atomic E-state index is -0.00152. The number of amides is 1. The van der Waals surface area contributed by atoms with Gasteiger partial charge in [-0.1, -0.05) is 37.3 Å². The van der Waals surface area contributed by atoms with Crippen molar-refractivity contribution in [2.45, 2.75) is 33.4 Å². The highest BCUT2D eigenvalue weighted by Crippen LogP contribution is 2.29. The molecule has 0 bridgehead atoms. The van der Waals surface area contributed by atoms with Gasteiger partial charge in [-0.3, -0.25) is 4.79 Å². The number of thiophene rings is 1. The Balaban J connectivity index is 1.83. The average Bonchev–Trinajstić information content (AvgIpc) is 3.04. The molecule has 0 aliphatic heterocycles. The zero-order valence-corrected chi connectivity index (χ0v) is 13.7. The second-order valence-electron chi connectivity index (χ2n) is 5.46. The highest BCUT2D eigenvalue weighted by molar-refractivity contribution is 7.19. The molecule has 1 aromatic carbocycles. The molecule has 0 unspecified atom stereocenters. The molecule has 0 atom stereocenters. The number of aromatic nitrogens is 1. The Hall–Kier alpha value is -2.07. The van der Waals surface area contributed by atoms with Crippen molar-refractivity contribution in [1.29, 1.82) is 0 Å². The number of hydrogen-bond acceptors (Lipinski definition) is 2. The van der Waals surface area contributed by atoms with Gasteiger partial charge in [-0.15, -0.1) is 11.3 Å². The Bertz CT molecular complexity index is 786. The van der Waals surface area contributed by atoms with Gasteiger partial charge in [0.05, 0.1) is 10.2 Å². The highest BCUT2D eigenvalue weighted by atomic mass is 32.1. The molecule has 2 heterocycles. The second kappa shape index (κ2) is 6.36. The van der Waals surface area contributed by atoms with Crippen LogP contribution in [0.15, 0.2) is 42.5 Å². The molecule has 2 aromatic heterocycles. The molecule has 0 radical (unpaired) electrons. The number of benzene rings is 1. The summed E-state index contributed by atoms with van der Waals surface area (Å²) in [5, 5.41) is 3.02. The number of carbonyl (C=O) groups excluding carboxylic acids is 1. The lowest BCUT2D eigenvalue weighted by Gasteiger charge is -2.10. The summed E-state index contributed by atoms with van der Waals surface area (Å²) in [4.78, 5) is 13.8. The molecule has 0 saturated carbocycles. The first-order valence-corrected chi connectivity index (χ1v) is 8.42. The van der Waals surface area contributed by atoms with E-state index in [9.17, 15) is 4.79 Å². The Morgan fingerprint density at radius 1 is 1.23 bits per heavy atom. The monoisotopic (exact) mass is 312 g/mol. The molecule has 0 aliphatic carbocycles. The van der Waals surface area contributed by atoms with Gasteiger partial charge in [0.2, 0.25) is 0 Å². The fraction of sp³-hybridized carbons (Fsp3) is 0.278. The third-order valence-corrected chi connectivity index (χ3v) is 4.68. The van der Waals surface area contributed by atoms with E-state index in [0.717, 1.165) is 24.2 Å². The van der Waals surface area contributed by atoms with Crippen LogP contribution in [-0.2, 0) is 13.1 Å². The van der Waals surface area contributed by atoms with Crippen molar-refractivity contribution in [1.82, 2.24) is 9.88 Å². The molecule has 0 saturated heterocycles. The molecule has 22 heavy (non-hydrogen) atoms. The van der Waals surface area contributed by atoms with Gasteiger partial charge < -0.3 is 9.88 Å². The van der Waals surface area contributed by atoms with Crippen LogP contribution in [0.1, 0.15) is 34.3 Å². The largest absolute Gasteiger partial charge is 0.347 e. The molecule has 3 rings (SSSR count). The number of nitrogens with zero attached hydrogens (tertiary/aromatic N) is 1. The number of aryl methyl sites for hydroxylation is 2. The van der Waals surface area contributed by atoms with Crippen LogP contribution in [0.5, 0.6) is 0 Å². The Morgan fingerprint density at radius 2 is 2.00 bits per heavy atom. The van der Waals surface area contributed by atoms with Crippen molar-refractivity contribution in [3.05, 3.63) is 58.6 Å². The standard InChI is InChI=1S/C18H20N2OS/c1-3-9-20-15-10-13(2)22-17(15)11-16(20)18(21)19-12-14-7-5-4-6-8-14/h4-8,10-11H,3,9,12H2,1-2H3,(H,19,21). The van der Waals surface area contributed by atoms with Gasteiger partial charge in [-0.25, -0.2) is 0 Å². The van der Waals surface area contributed by atoms with Gasteiger partial charge in [0, 0.05) is 18.0 Å². The van der Waals surface area contributed by atoms with E-state index >= 15 is 0 Å². The van der Waals surface area contributed by atoms with Crippen molar-refractivity contribution in [2.24, 2.45) is 0 Å². The van der Waals surface area contributed by atoms with Gasteiger partial charge in [-0.05, 0) is 31.0 Å². The lowest BCUT2D eigenvalue weighted by Crippen LogP contribution is -2.25. The van der Waals surface area contributed by atoms with Crippen molar-refractivity contribution in [3.8, 4) is 0 Å². The maximum atomic E-state index is 12.5. The summed E-state index contributed by atoms with van der Waals surface area (Å²) in [6, 6.07) is 14.2. The van der Waals surface area contributed by atoms with Crippen LogP contribution in [0.4, 0.5) is 0 Å². The van der Waals surface area contributed by atoms with E-state index < -0.39 is 0 Å². The Morgan fingerprint density at radius 3 is 2.73 bits per heavy atom. The van der Waals surface area contributed by atoms with Crippen LogP contribution in [0, 0.1) is 6.92 Å². The van der Waals surface area contributed by atoms with E-state index in [1.165, 1.54) is 15.1 Å². The summed E-state index contributed by atoms with van der Waals surface area (Å²) in [6.07, 6.45) is 1.01. The number of hydrogen-bond donors (Lipinski definition) is 1. The van der Waals surface area contributed by atoms with Crippen LogP contribution < -0.4 is 5.32 Å². The SMILES string of the molecule is CCCn1c(C(=O)NCc2ccccc2)cc2sc(C)cc21. The van der Waals surface area contributed by atoms with Crippen LogP contribution in [0.2, 0.25) is 0 Å². The highest BCUT2D eigenvalue weighted by Gasteiger charge is 2.16. The van der Waals surface area contributed by atoms with Crippen molar-refractivity contribution in [2.75, 3.05) is 0 Å². The lowest BCUT2D eigenvalue weighted by atomic mass is 10.2. The molecule has 3 nitrogen and oxygen atoms in total. The maximum Gasteiger partial charge on any atom is 0.268 e. The van der Waals surface area contributed by atoms with E-state index in [1.807, 2.05) is 36.4 Å². The first-order valence-electron chi connectivity index (χ1n) is 7.61. The molecule has 0 spiro atoms. The van der Waals surface area contributed by atoms with Crippen LogP contribution in [0.25, 0.3) is 10.2 Å². The molecule has 114 valence electrons.